The SMILES string of the molecule is CC(N)CCCNC(=O)c1ccncc1F. The lowest BCUT2D eigenvalue weighted by Gasteiger charge is -2.07. The van der Waals surface area contributed by atoms with E-state index in [1.165, 1.54) is 12.3 Å². The summed E-state index contributed by atoms with van der Waals surface area (Å²) in [5.74, 6) is -1.02. The molecule has 0 fully saturated rings. The molecule has 0 aliphatic rings. The molecule has 1 heterocycles. The zero-order chi connectivity index (χ0) is 12.0. The van der Waals surface area contributed by atoms with Crippen LogP contribution in [-0.2, 0) is 0 Å². The summed E-state index contributed by atoms with van der Waals surface area (Å²) in [5, 5.41) is 2.63. The van der Waals surface area contributed by atoms with Crippen molar-refractivity contribution in [2.45, 2.75) is 25.8 Å². The molecule has 0 aliphatic heterocycles. The van der Waals surface area contributed by atoms with E-state index in [0.29, 0.717) is 6.54 Å². The third kappa shape index (κ3) is 3.94. The third-order valence-electron chi connectivity index (χ3n) is 2.14. The van der Waals surface area contributed by atoms with Crippen LogP contribution >= 0.6 is 0 Å². The van der Waals surface area contributed by atoms with Crippen LogP contribution in [0.5, 0.6) is 0 Å². The minimum Gasteiger partial charge on any atom is -0.352 e. The number of nitrogens with zero attached hydrogens (tertiary/aromatic N) is 1. The molecule has 16 heavy (non-hydrogen) atoms. The number of halogens is 1. The Balaban J connectivity index is 2.39. The number of pyridine rings is 1. The van der Waals surface area contributed by atoms with E-state index in [4.69, 9.17) is 5.73 Å². The summed E-state index contributed by atoms with van der Waals surface area (Å²) in [6, 6.07) is 1.48. The molecule has 5 heteroatoms. The van der Waals surface area contributed by atoms with Crippen LogP contribution in [0.2, 0.25) is 0 Å². The van der Waals surface area contributed by atoms with Gasteiger partial charge in [-0.3, -0.25) is 9.78 Å². The Morgan fingerprint density at radius 3 is 3.06 bits per heavy atom. The fourth-order valence-electron chi connectivity index (χ4n) is 1.28. The predicted molar refractivity (Wildman–Crippen MR) is 59.4 cm³/mol. The first-order valence-corrected chi connectivity index (χ1v) is 5.24. The van der Waals surface area contributed by atoms with Crippen molar-refractivity contribution in [1.82, 2.24) is 10.3 Å². The van der Waals surface area contributed by atoms with Crippen molar-refractivity contribution in [2.75, 3.05) is 6.54 Å². The lowest BCUT2D eigenvalue weighted by Crippen LogP contribution is -2.26. The molecule has 1 amide bonds. The van der Waals surface area contributed by atoms with E-state index < -0.39 is 11.7 Å². The molecule has 4 nitrogen and oxygen atoms in total. The average molecular weight is 225 g/mol. The number of hydrogen-bond acceptors (Lipinski definition) is 3. The number of carbonyl (C=O) groups is 1. The predicted octanol–water partition coefficient (Wildman–Crippen LogP) is 1.08. The molecule has 0 saturated heterocycles. The monoisotopic (exact) mass is 225 g/mol. The Bertz CT molecular complexity index is 355. The first-order valence-electron chi connectivity index (χ1n) is 5.24. The largest absolute Gasteiger partial charge is 0.352 e. The maximum Gasteiger partial charge on any atom is 0.254 e. The van der Waals surface area contributed by atoms with Crippen LogP contribution in [0.15, 0.2) is 18.5 Å². The Labute approximate surface area is 94.1 Å². The fourth-order valence-corrected chi connectivity index (χ4v) is 1.28. The molecule has 0 aromatic carbocycles. The smallest absolute Gasteiger partial charge is 0.254 e. The minimum absolute atomic E-state index is 0.0239. The number of amides is 1. The van der Waals surface area contributed by atoms with Gasteiger partial charge < -0.3 is 11.1 Å². The van der Waals surface area contributed by atoms with Gasteiger partial charge in [0.2, 0.25) is 0 Å². The maximum absolute atomic E-state index is 13.1. The van der Waals surface area contributed by atoms with Gasteiger partial charge in [-0.15, -0.1) is 0 Å². The van der Waals surface area contributed by atoms with Crippen LogP contribution in [0.25, 0.3) is 0 Å². The standard InChI is InChI=1S/C11H16FN3O/c1-8(13)3-2-5-15-11(16)9-4-6-14-7-10(9)12/h4,6-8H,2-3,5,13H2,1H3,(H,15,16). The summed E-state index contributed by atoms with van der Waals surface area (Å²) in [6.45, 7) is 2.41. The van der Waals surface area contributed by atoms with E-state index in [9.17, 15) is 9.18 Å². The molecule has 0 spiro atoms. The first kappa shape index (κ1) is 12.6. The van der Waals surface area contributed by atoms with E-state index >= 15 is 0 Å². The van der Waals surface area contributed by atoms with Gasteiger partial charge >= 0.3 is 0 Å². The van der Waals surface area contributed by atoms with Gasteiger partial charge in [0, 0.05) is 18.8 Å². The van der Waals surface area contributed by atoms with Gasteiger partial charge in [0.1, 0.15) is 0 Å². The number of aromatic nitrogens is 1. The Morgan fingerprint density at radius 2 is 2.44 bits per heavy atom. The molecular weight excluding hydrogens is 209 g/mol. The average Bonchev–Trinajstić information content (AvgIpc) is 2.24. The van der Waals surface area contributed by atoms with Gasteiger partial charge in [0.25, 0.3) is 5.91 Å². The summed E-state index contributed by atoms with van der Waals surface area (Å²) in [6.07, 6.45) is 4.03. The Morgan fingerprint density at radius 1 is 1.69 bits per heavy atom. The summed E-state index contributed by atoms with van der Waals surface area (Å²) >= 11 is 0. The molecule has 0 bridgehead atoms. The summed E-state index contributed by atoms with van der Waals surface area (Å²) in [4.78, 5) is 15.1. The molecule has 1 aromatic heterocycles. The molecule has 1 rings (SSSR count). The van der Waals surface area contributed by atoms with Gasteiger partial charge in [-0.05, 0) is 25.8 Å². The second-order valence-electron chi connectivity index (χ2n) is 3.73. The highest BCUT2D eigenvalue weighted by Crippen LogP contribution is 2.03. The van der Waals surface area contributed by atoms with Crippen molar-refractivity contribution in [3.63, 3.8) is 0 Å². The van der Waals surface area contributed by atoms with E-state index in [0.717, 1.165) is 19.0 Å². The highest BCUT2D eigenvalue weighted by Gasteiger charge is 2.10. The minimum atomic E-state index is -0.604. The molecule has 88 valence electrons. The Hall–Kier alpha value is -1.49. The third-order valence-corrected chi connectivity index (χ3v) is 2.14. The van der Waals surface area contributed by atoms with Crippen LogP contribution in [0.3, 0.4) is 0 Å². The second kappa shape index (κ2) is 6.17. The summed E-state index contributed by atoms with van der Waals surface area (Å²) in [5.41, 5.74) is 5.59. The van der Waals surface area contributed by atoms with Crippen molar-refractivity contribution in [2.24, 2.45) is 5.73 Å². The lowest BCUT2D eigenvalue weighted by atomic mass is 10.2. The number of nitrogens with two attached hydrogens (primary N) is 1. The van der Waals surface area contributed by atoms with Crippen LogP contribution in [0, 0.1) is 5.82 Å². The molecule has 3 N–H and O–H groups in total. The van der Waals surface area contributed by atoms with Crippen molar-refractivity contribution >= 4 is 5.91 Å². The molecule has 0 saturated carbocycles. The highest BCUT2D eigenvalue weighted by atomic mass is 19.1. The van der Waals surface area contributed by atoms with Crippen molar-refractivity contribution in [1.29, 1.82) is 0 Å². The van der Waals surface area contributed by atoms with E-state index in [1.54, 1.807) is 0 Å². The van der Waals surface area contributed by atoms with Gasteiger partial charge in [0.05, 0.1) is 11.8 Å². The van der Waals surface area contributed by atoms with E-state index in [-0.39, 0.29) is 11.6 Å². The van der Waals surface area contributed by atoms with Gasteiger partial charge in [0.15, 0.2) is 5.82 Å². The molecule has 1 atom stereocenters. The van der Waals surface area contributed by atoms with E-state index in [1.807, 2.05) is 6.92 Å². The van der Waals surface area contributed by atoms with Gasteiger partial charge in [-0.1, -0.05) is 0 Å². The second-order valence-corrected chi connectivity index (χ2v) is 3.73. The summed E-state index contributed by atoms with van der Waals surface area (Å²) < 4.78 is 13.1. The molecule has 1 aromatic rings. The number of rotatable bonds is 5. The zero-order valence-corrected chi connectivity index (χ0v) is 9.24. The molecule has 1 unspecified atom stereocenters. The van der Waals surface area contributed by atoms with E-state index in [2.05, 4.69) is 10.3 Å². The van der Waals surface area contributed by atoms with Crippen molar-refractivity contribution < 1.29 is 9.18 Å². The van der Waals surface area contributed by atoms with Crippen molar-refractivity contribution in [3.8, 4) is 0 Å². The van der Waals surface area contributed by atoms with Crippen LogP contribution in [0.1, 0.15) is 30.1 Å². The van der Waals surface area contributed by atoms with Crippen LogP contribution in [0.4, 0.5) is 4.39 Å². The van der Waals surface area contributed by atoms with Gasteiger partial charge in [-0.25, -0.2) is 4.39 Å². The number of nitrogens with one attached hydrogen (secondary N) is 1. The topological polar surface area (TPSA) is 68.0 Å². The highest BCUT2D eigenvalue weighted by molar-refractivity contribution is 5.94. The first-order chi connectivity index (χ1) is 7.61. The number of carbonyl (C=O) groups excluding carboxylic acids is 1. The molecule has 0 aliphatic carbocycles. The van der Waals surface area contributed by atoms with Crippen LogP contribution in [-0.4, -0.2) is 23.5 Å². The summed E-state index contributed by atoms with van der Waals surface area (Å²) in [7, 11) is 0. The number of hydrogen-bond donors (Lipinski definition) is 2. The zero-order valence-electron chi connectivity index (χ0n) is 9.24. The normalized spacial score (nSPS) is 12.2. The fraction of sp³-hybridized carbons (Fsp3) is 0.455. The maximum atomic E-state index is 13.1. The van der Waals surface area contributed by atoms with Gasteiger partial charge in [-0.2, -0.15) is 0 Å². The quantitative estimate of drug-likeness (QED) is 0.737. The lowest BCUT2D eigenvalue weighted by molar-refractivity contribution is 0.0948. The molecule has 0 radical (unpaired) electrons. The Kier molecular flexibility index (Phi) is 4.85. The molecular formula is C11H16FN3O. The van der Waals surface area contributed by atoms with Crippen molar-refractivity contribution in [3.05, 3.63) is 29.8 Å². The van der Waals surface area contributed by atoms with Crippen LogP contribution < -0.4 is 11.1 Å².